The molecule has 0 heterocycles. The molecule has 18 heavy (non-hydrogen) atoms. The molecule has 0 aromatic heterocycles. The summed E-state index contributed by atoms with van der Waals surface area (Å²) in [4.78, 5) is 3.93. The largest absolute Gasteiger partial charge is 0.370 e. The Balaban J connectivity index is 2.34. The summed E-state index contributed by atoms with van der Waals surface area (Å²) in [6.45, 7) is 0. The summed E-state index contributed by atoms with van der Waals surface area (Å²) in [5.41, 5.74) is 19.7. The Hall–Kier alpha value is -2.33. The Morgan fingerprint density at radius 2 is 1.56 bits per heavy atom. The number of aliphatic imine (C=N–C) groups is 1. The molecule has 0 spiro atoms. The SMILES string of the molecule is NC(N)=NC(N)c1cccc(-c2ccccc2)c1. The van der Waals surface area contributed by atoms with Crippen LogP contribution in [0.2, 0.25) is 0 Å². The highest BCUT2D eigenvalue weighted by Gasteiger charge is 2.05. The zero-order valence-corrected chi connectivity index (χ0v) is 9.95. The summed E-state index contributed by atoms with van der Waals surface area (Å²) in [6.07, 6.45) is -0.529. The van der Waals surface area contributed by atoms with E-state index in [1.54, 1.807) is 0 Å². The molecule has 2 aromatic rings. The standard InChI is InChI=1S/C14H16N4/c15-13(18-14(16)17)12-8-4-7-11(9-12)10-5-2-1-3-6-10/h1-9,13H,15H2,(H4,16,17,18). The smallest absolute Gasteiger partial charge is 0.187 e. The molecule has 6 N–H and O–H groups in total. The molecule has 0 radical (unpaired) electrons. The van der Waals surface area contributed by atoms with Crippen LogP contribution in [-0.2, 0) is 0 Å². The molecule has 4 heteroatoms. The van der Waals surface area contributed by atoms with Gasteiger partial charge in [-0.3, -0.25) is 0 Å². The third-order valence-corrected chi connectivity index (χ3v) is 2.62. The molecule has 2 rings (SSSR count). The summed E-state index contributed by atoms with van der Waals surface area (Å²) < 4.78 is 0. The Bertz CT molecular complexity index is 545. The number of hydrogen-bond donors (Lipinski definition) is 3. The lowest BCUT2D eigenvalue weighted by Crippen LogP contribution is -2.25. The van der Waals surface area contributed by atoms with Gasteiger partial charge in [-0.1, -0.05) is 48.5 Å². The first-order chi connectivity index (χ1) is 8.66. The molecule has 0 aliphatic heterocycles. The van der Waals surface area contributed by atoms with Crippen molar-refractivity contribution in [2.45, 2.75) is 6.17 Å². The van der Waals surface area contributed by atoms with Gasteiger partial charge in [-0.2, -0.15) is 0 Å². The lowest BCUT2D eigenvalue weighted by molar-refractivity contribution is 0.773. The molecule has 0 saturated heterocycles. The van der Waals surface area contributed by atoms with Crippen LogP contribution in [0, 0.1) is 0 Å². The maximum Gasteiger partial charge on any atom is 0.187 e. The maximum atomic E-state index is 5.90. The summed E-state index contributed by atoms with van der Waals surface area (Å²) in [6, 6.07) is 17.9. The fourth-order valence-electron chi connectivity index (χ4n) is 1.77. The number of nitrogens with zero attached hydrogens (tertiary/aromatic N) is 1. The fraction of sp³-hybridized carbons (Fsp3) is 0.0714. The van der Waals surface area contributed by atoms with E-state index >= 15 is 0 Å². The van der Waals surface area contributed by atoms with Crippen molar-refractivity contribution in [2.24, 2.45) is 22.2 Å². The molecule has 0 fully saturated rings. The molecule has 1 atom stereocenters. The Kier molecular flexibility index (Phi) is 3.60. The molecule has 0 aliphatic rings. The molecular formula is C14H16N4. The zero-order valence-electron chi connectivity index (χ0n) is 9.95. The van der Waals surface area contributed by atoms with E-state index in [4.69, 9.17) is 17.2 Å². The van der Waals surface area contributed by atoms with Crippen LogP contribution in [0.4, 0.5) is 0 Å². The quantitative estimate of drug-likeness (QED) is 0.562. The maximum absolute atomic E-state index is 5.90. The molecule has 0 bridgehead atoms. The zero-order chi connectivity index (χ0) is 13.0. The van der Waals surface area contributed by atoms with Gasteiger partial charge in [0.2, 0.25) is 0 Å². The third kappa shape index (κ3) is 2.87. The van der Waals surface area contributed by atoms with Crippen LogP contribution in [0.5, 0.6) is 0 Å². The second kappa shape index (κ2) is 5.33. The number of nitrogens with two attached hydrogens (primary N) is 3. The second-order valence-electron chi connectivity index (χ2n) is 3.99. The Labute approximate surface area is 106 Å². The van der Waals surface area contributed by atoms with Crippen LogP contribution in [0.25, 0.3) is 11.1 Å². The van der Waals surface area contributed by atoms with Crippen LogP contribution in [-0.4, -0.2) is 5.96 Å². The first-order valence-corrected chi connectivity index (χ1v) is 5.66. The van der Waals surface area contributed by atoms with Crippen molar-refractivity contribution in [2.75, 3.05) is 0 Å². The molecular weight excluding hydrogens is 224 g/mol. The summed E-state index contributed by atoms with van der Waals surface area (Å²) in [5.74, 6) is -0.00684. The highest BCUT2D eigenvalue weighted by atomic mass is 15.1. The van der Waals surface area contributed by atoms with Crippen molar-refractivity contribution >= 4 is 5.96 Å². The van der Waals surface area contributed by atoms with Crippen molar-refractivity contribution in [1.29, 1.82) is 0 Å². The minimum Gasteiger partial charge on any atom is -0.370 e. The van der Waals surface area contributed by atoms with Gasteiger partial charge in [-0.15, -0.1) is 0 Å². The van der Waals surface area contributed by atoms with Gasteiger partial charge in [0.15, 0.2) is 5.96 Å². The van der Waals surface area contributed by atoms with Gasteiger partial charge in [0, 0.05) is 0 Å². The van der Waals surface area contributed by atoms with Crippen LogP contribution >= 0.6 is 0 Å². The van der Waals surface area contributed by atoms with Crippen molar-refractivity contribution in [3.05, 3.63) is 60.2 Å². The third-order valence-electron chi connectivity index (χ3n) is 2.62. The predicted molar refractivity (Wildman–Crippen MR) is 74.6 cm³/mol. The molecule has 0 saturated carbocycles. The summed E-state index contributed by atoms with van der Waals surface area (Å²) >= 11 is 0. The lowest BCUT2D eigenvalue weighted by Gasteiger charge is -2.09. The van der Waals surface area contributed by atoms with E-state index in [9.17, 15) is 0 Å². The van der Waals surface area contributed by atoms with Gasteiger partial charge in [-0.05, 0) is 22.8 Å². The van der Waals surface area contributed by atoms with Crippen molar-refractivity contribution < 1.29 is 0 Å². The Morgan fingerprint density at radius 1 is 0.889 bits per heavy atom. The minimum atomic E-state index is -0.529. The number of rotatable bonds is 3. The number of benzene rings is 2. The van der Waals surface area contributed by atoms with Crippen molar-refractivity contribution in [3.8, 4) is 11.1 Å². The summed E-state index contributed by atoms with van der Waals surface area (Å²) in [5, 5.41) is 0. The number of guanidine groups is 1. The lowest BCUT2D eigenvalue weighted by atomic mass is 10.0. The van der Waals surface area contributed by atoms with Gasteiger partial charge in [0.1, 0.15) is 6.17 Å². The highest BCUT2D eigenvalue weighted by Crippen LogP contribution is 2.22. The fourth-order valence-corrected chi connectivity index (χ4v) is 1.77. The monoisotopic (exact) mass is 240 g/mol. The topological polar surface area (TPSA) is 90.4 Å². The average molecular weight is 240 g/mol. The van der Waals surface area contributed by atoms with E-state index in [2.05, 4.69) is 4.99 Å². The molecule has 1 unspecified atom stereocenters. The van der Waals surface area contributed by atoms with Crippen LogP contribution < -0.4 is 17.2 Å². The van der Waals surface area contributed by atoms with E-state index in [0.29, 0.717) is 0 Å². The molecule has 2 aromatic carbocycles. The normalized spacial score (nSPS) is 11.8. The van der Waals surface area contributed by atoms with E-state index in [-0.39, 0.29) is 5.96 Å². The van der Waals surface area contributed by atoms with Crippen molar-refractivity contribution in [3.63, 3.8) is 0 Å². The first kappa shape index (κ1) is 12.1. The number of hydrogen-bond acceptors (Lipinski definition) is 2. The Morgan fingerprint density at radius 3 is 2.22 bits per heavy atom. The van der Waals surface area contributed by atoms with Crippen LogP contribution in [0.15, 0.2) is 59.6 Å². The molecule has 92 valence electrons. The van der Waals surface area contributed by atoms with Gasteiger partial charge < -0.3 is 17.2 Å². The summed E-state index contributed by atoms with van der Waals surface area (Å²) in [7, 11) is 0. The van der Waals surface area contributed by atoms with Crippen molar-refractivity contribution in [1.82, 2.24) is 0 Å². The van der Waals surface area contributed by atoms with Gasteiger partial charge >= 0.3 is 0 Å². The van der Waals surface area contributed by atoms with Gasteiger partial charge in [-0.25, -0.2) is 4.99 Å². The molecule has 0 amide bonds. The van der Waals surface area contributed by atoms with Crippen LogP contribution in [0.1, 0.15) is 11.7 Å². The second-order valence-corrected chi connectivity index (χ2v) is 3.99. The average Bonchev–Trinajstić information content (AvgIpc) is 2.39. The van der Waals surface area contributed by atoms with E-state index < -0.39 is 6.17 Å². The minimum absolute atomic E-state index is 0.00684. The van der Waals surface area contributed by atoms with E-state index in [1.165, 1.54) is 0 Å². The van der Waals surface area contributed by atoms with Gasteiger partial charge in [0.25, 0.3) is 0 Å². The van der Waals surface area contributed by atoms with Crippen LogP contribution in [0.3, 0.4) is 0 Å². The molecule has 4 nitrogen and oxygen atoms in total. The first-order valence-electron chi connectivity index (χ1n) is 5.66. The van der Waals surface area contributed by atoms with Gasteiger partial charge in [0.05, 0.1) is 0 Å². The predicted octanol–water partition coefficient (Wildman–Crippen LogP) is 1.58. The highest BCUT2D eigenvalue weighted by molar-refractivity contribution is 5.76. The van der Waals surface area contributed by atoms with E-state index in [0.717, 1.165) is 16.7 Å². The van der Waals surface area contributed by atoms with E-state index in [1.807, 2.05) is 54.6 Å². The molecule has 0 aliphatic carbocycles.